The molecule has 1 rings (SSSR count). The highest BCUT2D eigenvalue weighted by Crippen LogP contribution is 2.09. The third-order valence-corrected chi connectivity index (χ3v) is 4.05. The zero-order valence-electron chi connectivity index (χ0n) is 15.4. The highest BCUT2D eigenvalue weighted by Gasteiger charge is 2.25. The van der Waals surface area contributed by atoms with Crippen molar-refractivity contribution in [1.29, 1.82) is 0 Å². The molecule has 0 fully saturated rings. The van der Waals surface area contributed by atoms with Crippen LogP contribution in [0.5, 0.6) is 0 Å². The molecule has 0 aromatic heterocycles. The second kappa shape index (κ2) is 11.2. The molecule has 0 aliphatic carbocycles. The normalized spacial score (nSPS) is 12.9. The SMILES string of the molecule is CCCCCC[C@H](NC(=O)[C@H](Cc1ccc(F)cc1)NC(C)=O)C(N)=O. The fraction of sp³-hybridized carbons (Fsp3) is 0.526. The van der Waals surface area contributed by atoms with E-state index in [4.69, 9.17) is 5.73 Å². The summed E-state index contributed by atoms with van der Waals surface area (Å²) in [7, 11) is 0. The van der Waals surface area contributed by atoms with Gasteiger partial charge in [-0.05, 0) is 24.1 Å². The van der Waals surface area contributed by atoms with E-state index < -0.39 is 23.9 Å². The summed E-state index contributed by atoms with van der Waals surface area (Å²) >= 11 is 0. The summed E-state index contributed by atoms with van der Waals surface area (Å²) in [4.78, 5) is 35.6. The van der Waals surface area contributed by atoms with Crippen LogP contribution in [-0.4, -0.2) is 29.8 Å². The standard InChI is InChI=1S/C19H28FN3O3/c1-3-4-5-6-7-16(18(21)25)23-19(26)17(22-13(2)24)12-14-8-10-15(20)11-9-14/h8-11,16-17H,3-7,12H2,1-2H3,(H2,21,25)(H,22,24)(H,23,26)/t16-,17-/m0/s1. The van der Waals surface area contributed by atoms with Crippen molar-refractivity contribution in [2.24, 2.45) is 5.73 Å². The number of carbonyl (C=O) groups is 3. The predicted octanol–water partition coefficient (Wildman–Crippen LogP) is 1.81. The highest BCUT2D eigenvalue weighted by molar-refractivity contribution is 5.91. The maximum atomic E-state index is 13.0. The molecule has 144 valence electrons. The minimum atomic E-state index is -0.865. The van der Waals surface area contributed by atoms with Gasteiger partial charge in [-0.1, -0.05) is 44.7 Å². The topological polar surface area (TPSA) is 101 Å². The van der Waals surface area contributed by atoms with Crippen molar-refractivity contribution in [3.05, 3.63) is 35.6 Å². The molecule has 3 amide bonds. The first-order valence-electron chi connectivity index (χ1n) is 8.94. The molecule has 1 aromatic carbocycles. The van der Waals surface area contributed by atoms with Gasteiger partial charge in [0.25, 0.3) is 0 Å². The van der Waals surface area contributed by atoms with E-state index in [1.54, 1.807) is 12.1 Å². The quantitative estimate of drug-likeness (QED) is 0.521. The van der Waals surface area contributed by atoms with Gasteiger partial charge in [0.05, 0.1) is 0 Å². The van der Waals surface area contributed by atoms with Crippen LogP contribution in [0.1, 0.15) is 51.5 Å². The maximum absolute atomic E-state index is 13.0. The molecule has 6 nitrogen and oxygen atoms in total. The smallest absolute Gasteiger partial charge is 0.243 e. The molecular weight excluding hydrogens is 337 g/mol. The second-order valence-electron chi connectivity index (χ2n) is 6.40. The Bertz CT molecular complexity index is 605. The van der Waals surface area contributed by atoms with Gasteiger partial charge >= 0.3 is 0 Å². The average Bonchev–Trinajstić information content (AvgIpc) is 2.58. The molecule has 7 heteroatoms. The molecule has 0 bridgehead atoms. The minimum Gasteiger partial charge on any atom is -0.368 e. The van der Waals surface area contributed by atoms with Crippen LogP contribution in [0.2, 0.25) is 0 Å². The van der Waals surface area contributed by atoms with Crippen LogP contribution in [0.15, 0.2) is 24.3 Å². The number of hydrogen-bond donors (Lipinski definition) is 3. The number of amides is 3. The van der Waals surface area contributed by atoms with Crippen LogP contribution < -0.4 is 16.4 Å². The summed E-state index contributed by atoms with van der Waals surface area (Å²) in [6.07, 6.45) is 4.51. The van der Waals surface area contributed by atoms with Gasteiger partial charge in [-0.15, -0.1) is 0 Å². The number of rotatable bonds is 11. The van der Waals surface area contributed by atoms with Crippen LogP contribution in [0.3, 0.4) is 0 Å². The van der Waals surface area contributed by atoms with Gasteiger partial charge in [0.2, 0.25) is 17.7 Å². The first-order chi connectivity index (χ1) is 12.3. The van der Waals surface area contributed by atoms with E-state index in [0.29, 0.717) is 12.0 Å². The van der Waals surface area contributed by atoms with E-state index in [-0.39, 0.29) is 18.1 Å². The van der Waals surface area contributed by atoms with Gasteiger partial charge in [0.1, 0.15) is 17.9 Å². The Hall–Kier alpha value is -2.44. The van der Waals surface area contributed by atoms with Crippen LogP contribution in [0.4, 0.5) is 4.39 Å². The molecule has 0 unspecified atom stereocenters. The van der Waals surface area contributed by atoms with E-state index in [0.717, 1.165) is 25.7 Å². The van der Waals surface area contributed by atoms with Crippen molar-refractivity contribution in [3.8, 4) is 0 Å². The van der Waals surface area contributed by atoms with Gasteiger partial charge in [0, 0.05) is 13.3 Å². The van der Waals surface area contributed by atoms with Gasteiger partial charge in [-0.3, -0.25) is 14.4 Å². The Morgan fingerprint density at radius 3 is 2.23 bits per heavy atom. The van der Waals surface area contributed by atoms with Crippen LogP contribution in [0, 0.1) is 5.82 Å². The lowest BCUT2D eigenvalue weighted by molar-refractivity contribution is -0.130. The first-order valence-corrected chi connectivity index (χ1v) is 8.94. The summed E-state index contributed by atoms with van der Waals surface area (Å²) in [5.41, 5.74) is 6.08. The lowest BCUT2D eigenvalue weighted by Crippen LogP contribution is -2.53. The molecule has 2 atom stereocenters. The van der Waals surface area contributed by atoms with E-state index >= 15 is 0 Å². The van der Waals surface area contributed by atoms with E-state index in [2.05, 4.69) is 17.6 Å². The zero-order valence-corrected chi connectivity index (χ0v) is 15.4. The third kappa shape index (κ3) is 8.09. The van der Waals surface area contributed by atoms with Crippen LogP contribution in [-0.2, 0) is 20.8 Å². The molecule has 0 saturated heterocycles. The van der Waals surface area contributed by atoms with E-state index in [1.807, 2.05) is 0 Å². The fourth-order valence-electron chi connectivity index (χ4n) is 2.64. The van der Waals surface area contributed by atoms with Gasteiger partial charge < -0.3 is 16.4 Å². The molecule has 4 N–H and O–H groups in total. The van der Waals surface area contributed by atoms with Gasteiger partial charge in [-0.25, -0.2) is 4.39 Å². The van der Waals surface area contributed by atoms with Crippen molar-refractivity contribution < 1.29 is 18.8 Å². The van der Waals surface area contributed by atoms with Crippen molar-refractivity contribution in [3.63, 3.8) is 0 Å². The number of nitrogens with one attached hydrogen (secondary N) is 2. The van der Waals surface area contributed by atoms with Crippen molar-refractivity contribution >= 4 is 17.7 Å². The first kappa shape index (κ1) is 21.6. The molecular formula is C19H28FN3O3. The lowest BCUT2D eigenvalue weighted by Gasteiger charge is -2.21. The van der Waals surface area contributed by atoms with Gasteiger partial charge in [-0.2, -0.15) is 0 Å². The number of carbonyl (C=O) groups excluding carboxylic acids is 3. The Labute approximate surface area is 153 Å². The van der Waals surface area contributed by atoms with Gasteiger partial charge in [0.15, 0.2) is 0 Å². The Kier molecular flexibility index (Phi) is 9.33. The highest BCUT2D eigenvalue weighted by atomic mass is 19.1. The summed E-state index contributed by atoms with van der Waals surface area (Å²) < 4.78 is 13.0. The molecule has 1 aromatic rings. The molecule has 0 saturated carbocycles. The molecule has 0 heterocycles. The zero-order chi connectivity index (χ0) is 19.5. The molecule has 0 aliphatic rings. The maximum Gasteiger partial charge on any atom is 0.243 e. The monoisotopic (exact) mass is 365 g/mol. The Morgan fingerprint density at radius 2 is 1.69 bits per heavy atom. The molecule has 26 heavy (non-hydrogen) atoms. The molecule has 0 aliphatic heterocycles. The lowest BCUT2D eigenvalue weighted by atomic mass is 10.0. The summed E-state index contributed by atoms with van der Waals surface area (Å²) in [5.74, 6) is -1.83. The number of primary amides is 1. The third-order valence-electron chi connectivity index (χ3n) is 4.05. The van der Waals surface area contributed by atoms with Crippen molar-refractivity contribution in [2.75, 3.05) is 0 Å². The van der Waals surface area contributed by atoms with Crippen LogP contribution in [0.25, 0.3) is 0 Å². The van der Waals surface area contributed by atoms with Crippen molar-refractivity contribution in [1.82, 2.24) is 10.6 Å². The summed E-state index contributed by atoms with van der Waals surface area (Å²) in [6.45, 7) is 3.39. The predicted molar refractivity (Wildman–Crippen MR) is 97.6 cm³/mol. The summed E-state index contributed by atoms with van der Waals surface area (Å²) in [6, 6.07) is 4.04. The Balaban J connectivity index is 2.74. The second-order valence-corrected chi connectivity index (χ2v) is 6.40. The number of benzene rings is 1. The van der Waals surface area contributed by atoms with E-state index in [1.165, 1.54) is 19.1 Å². The largest absolute Gasteiger partial charge is 0.368 e. The van der Waals surface area contributed by atoms with Crippen LogP contribution >= 0.6 is 0 Å². The molecule has 0 radical (unpaired) electrons. The minimum absolute atomic E-state index is 0.188. The molecule has 0 spiro atoms. The number of hydrogen-bond acceptors (Lipinski definition) is 3. The number of halogens is 1. The van der Waals surface area contributed by atoms with Crippen molar-refractivity contribution in [2.45, 2.75) is 64.5 Å². The fourth-order valence-corrected chi connectivity index (χ4v) is 2.64. The summed E-state index contributed by atoms with van der Waals surface area (Å²) in [5, 5.41) is 5.19. The Morgan fingerprint density at radius 1 is 1.04 bits per heavy atom. The van der Waals surface area contributed by atoms with E-state index in [9.17, 15) is 18.8 Å². The number of unbranched alkanes of at least 4 members (excludes halogenated alkanes) is 3. The number of nitrogens with two attached hydrogens (primary N) is 1. The average molecular weight is 365 g/mol.